The second-order valence-corrected chi connectivity index (χ2v) is 20.5. The van der Waals surface area contributed by atoms with Crippen LogP contribution < -0.4 is 3.71 Å². The van der Waals surface area contributed by atoms with Crippen LogP contribution in [0.25, 0.3) is 10.9 Å². The minimum atomic E-state index is -2.44. The van der Waals surface area contributed by atoms with E-state index in [9.17, 15) is 0 Å². The first kappa shape index (κ1) is 19.8. The van der Waals surface area contributed by atoms with Crippen LogP contribution in [0, 0.1) is 6.92 Å². The van der Waals surface area contributed by atoms with Crippen molar-refractivity contribution >= 4 is 33.0 Å². The predicted octanol–water partition coefficient (Wildman–Crippen LogP) is 5.94. The number of unbranched alkanes of at least 4 members (excludes halogenated alkanes) is 3. The Morgan fingerprint density at radius 1 is 0.917 bits per heavy atom. The minimum absolute atomic E-state index is 1.32. The number of benzene rings is 1. The zero-order chi connectivity index (χ0) is 17.6. The summed E-state index contributed by atoms with van der Waals surface area (Å²) in [5.74, 6) is 0. The Kier molecular flexibility index (Phi) is 7.64. The first-order chi connectivity index (χ1) is 11.6. The molecule has 2 rings (SSSR count). The van der Waals surface area contributed by atoms with E-state index in [-0.39, 0.29) is 0 Å². The van der Waals surface area contributed by atoms with E-state index in [1.807, 2.05) is 0 Å². The van der Waals surface area contributed by atoms with Crippen molar-refractivity contribution in [3.05, 3.63) is 23.8 Å². The zero-order valence-electron chi connectivity index (χ0n) is 16.5. The Morgan fingerprint density at radius 2 is 1.46 bits per heavy atom. The summed E-state index contributed by atoms with van der Waals surface area (Å²) in [5.41, 5.74) is 2.68. The van der Waals surface area contributed by atoms with Gasteiger partial charge < -0.3 is 0 Å². The molecule has 0 bridgehead atoms. The summed E-state index contributed by atoms with van der Waals surface area (Å²) in [4.78, 5) is 0. The molecule has 0 unspecified atom stereocenters. The third kappa shape index (κ3) is 4.36. The molecule has 0 spiro atoms. The van der Waals surface area contributed by atoms with Crippen molar-refractivity contribution in [2.24, 2.45) is 7.05 Å². The third-order valence-electron chi connectivity index (χ3n) is 5.54. The van der Waals surface area contributed by atoms with E-state index < -0.39 is 18.4 Å². The van der Waals surface area contributed by atoms with Gasteiger partial charge in [0.1, 0.15) is 0 Å². The van der Waals surface area contributed by atoms with Crippen molar-refractivity contribution in [1.82, 2.24) is 9.78 Å². The molecule has 0 saturated carbocycles. The fraction of sp³-hybridized carbons (Fsp3) is 0.667. The van der Waals surface area contributed by atoms with E-state index in [2.05, 4.69) is 57.6 Å². The number of nitrogens with zero attached hydrogens (tertiary/aromatic N) is 2. The molecule has 0 atom stereocenters. The Bertz CT molecular complexity index is 623. The molecule has 0 amide bonds. The van der Waals surface area contributed by atoms with E-state index in [0.29, 0.717) is 0 Å². The van der Waals surface area contributed by atoms with Crippen LogP contribution in [0.2, 0.25) is 13.3 Å². The van der Waals surface area contributed by atoms with Crippen molar-refractivity contribution in [2.45, 2.75) is 79.5 Å². The van der Waals surface area contributed by atoms with Crippen molar-refractivity contribution in [3.63, 3.8) is 0 Å². The number of aromatic nitrogens is 2. The Labute approximate surface area is 152 Å². The summed E-state index contributed by atoms with van der Waals surface area (Å²) in [6.45, 7) is 9.22. The molecule has 1 aromatic carbocycles. The summed E-state index contributed by atoms with van der Waals surface area (Å²) in [7, 11) is 2.14. The van der Waals surface area contributed by atoms with Crippen molar-refractivity contribution in [2.75, 3.05) is 0 Å². The summed E-state index contributed by atoms with van der Waals surface area (Å²) in [6.07, 6.45) is 8.15. The molecule has 3 heteroatoms. The average molecular weight is 435 g/mol. The summed E-state index contributed by atoms with van der Waals surface area (Å²) in [5, 5.41) is 6.65. The van der Waals surface area contributed by atoms with Gasteiger partial charge in [-0.15, -0.1) is 0 Å². The van der Waals surface area contributed by atoms with Gasteiger partial charge in [-0.2, -0.15) is 0 Å². The molecular formula is C21H36N2Sn. The number of rotatable bonds is 10. The Hall–Kier alpha value is -0.511. The molecule has 2 nitrogen and oxygen atoms in total. The van der Waals surface area contributed by atoms with Crippen LogP contribution in [-0.2, 0) is 7.05 Å². The Balaban J connectivity index is 2.55. The topological polar surface area (TPSA) is 17.8 Å². The molecule has 0 fully saturated rings. The molecule has 0 aliphatic rings. The van der Waals surface area contributed by atoms with Gasteiger partial charge in [0.2, 0.25) is 0 Å². The van der Waals surface area contributed by atoms with Crippen LogP contribution in [-0.4, -0.2) is 28.2 Å². The molecular weight excluding hydrogens is 399 g/mol. The van der Waals surface area contributed by atoms with Crippen LogP contribution in [0.3, 0.4) is 0 Å². The molecule has 0 aliphatic heterocycles. The van der Waals surface area contributed by atoms with E-state index in [4.69, 9.17) is 5.10 Å². The molecule has 0 radical (unpaired) electrons. The fourth-order valence-corrected chi connectivity index (χ4v) is 20.3. The maximum atomic E-state index is 5.17. The van der Waals surface area contributed by atoms with Gasteiger partial charge in [-0.25, -0.2) is 0 Å². The monoisotopic (exact) mass is 436 g/mol. The third-order valence-corrected chi connectivity index (χ3v) is 20.7. The molecule has 134 valence electrons. The van der Waals surface area contributed by atoms with E-state index in [1.165, 1.54) is 68.3 Å². The van der Waals surface area contributed by atoms with Gasteiger partial charge >= 0.3 is 153 Å². The fourth-order valence-electron chi connectivity index (χ4n) is 4.03. The molecule has 1 aromatic heterocycles. The van der Waals surface area contributed by atoms with Crippen molar-refractivity contribution in [1.29, 1.82) is 0 Å². The number of fused-ring (bicyclic) bond motifs is 1. The Morgan fingerprint density at radius 3 is 1.96 bits per heavy atom. The van der Waals surface area contributed by atoms with Gasteiger partial charge in [0, 0.05) is 0 Å². The molecule has 0 saturated heterocycles. The molecule has 0 N–H and O–H groups in total. The molecule has 0 aliphatic carbocycles. The van der Waals surface area contributed by atoms with E-state index in [0.717, 1.165) is 0 Å². The van der Waals surface area contributed by atoms with Crippen LogP contribution in [0.1, 0.15) is 64.9 Å². The van der Waals surface area contributed by atoms with Gasteiger partial charge in [0.05, 0.1) is 0 Å². The van der Waals surface area contributed by atoms with Crippen molar-refractivity contribution in [3.8, 4) is 0 Å². The van der Waals surface area contributed by atoms with Crippen LogP contribution in [0.5, 0.6) is 0 Å². The second-order valence-electron chi connectivity index (χ2n) is 7.58. The SMILES string of the molecule is CCC[CH2][Sn]([CH2]CCC)([CH2]CCC)[c]1nn(C)c2cc(C)ccc12. The van der Waals surface area contributed by atoms with Gasteiger partial charge in [-0.1, -0.05) is 0 Å². The predicted molar refractivity (Wildman–Crippen MR) is 110 cm³/mol. The van der Waals surface area contributed by atoms with Gasteiger partial charge in [0.25, 0.3) is 0 Å². The van der Waals surface area contributed by atoms with Gasteiger partial charge in [-0.3, -0.25) is 0 Å². The quantitative estimate of drug-likeness (QED) is 0.423. The zero-order valence-corrected chi connectivity index (χ0v) is 19.3. The van der Waals surface area contributed by atoms with Crippen LogP contribution in [0.4, 0.5) is 0 Å². The molecule has 2 aromatic rings. The second kappa shape index (κ2) is 9.26. The summed E-state index contributed by atoms with van der Waals surface area (Å²) < 4.78 is 8.21. The normalized spacial score (nSPS) is 12.2. The van der Waals surface area contributed by atoms with Gasteiger partial charge in [0.15, 0.2) is 0 Å². The van der Waals surface area contributed by atoms with E-state index in [1.54, 1.807) is 3.71 Å². The average Bonchev–Trinajstić information content (AvgIpc) is 2.91. The number of aryl methyl sites for hydroxylation is 2. The summed E-state index contributed by atoms with van der Waals surface area (Å²) >= 11 is -2.44. The van der Waals surface area contributed by atoms with Gasteiger partial charge in [-0.05, 0) is 0 Å². The van der Waals surface area contributed by atoms with E-state index >= 15 is 0 Å². The standard InChI is InChI=1S/C9H9N2.3C4H9.Sn/c1-7-3-4-8-6-10-11(2)9(8)5-7;3*1-3-4-2;/h3-5H,1-2H3;3*1,3-4H2,2H3;. The number of hydrogen-bond donors (Lipinski definition) is 0. The molecule has 24 heavy (non-hydrogen) atoms. The first-order valence-corrected chi connectivity index (χ1v) is 17.5. The maximum absolute atomic E-state index is 5.17. The van der Waals surface area contributed by atoms with Crippen LogP contribution in [0.15, 0.2) is 18.2 Å². The summed E-state index contributed by atoms with van der Waals surface area (Å²) in [6, 6.07) is 6.97. The van der Waals surface area contributed by atoms with Crippen molar-refractivity contribution < 1.29 is 0 Å². The first-order valence-electron chi connectivity index (χ1n) is 10.0. The number of hydrogen-bond acceptors (Lipinski definition) is 1. The van der Waals surface area contributed by atoms with Crippen LogP contribution >= 0.6 is 0 Å². The molecule has 1 heterocycles.